The first kappa shape index (κ1) is 24.8. The molecule has 0 unspecified atom stereocenters. The summed E-state index contributed by atoms with van der Waals surface area (Å²) >= 11 is 0. The molecule has 0 amide bonds. The van der Waals surface area contributed by atoms with Gasteiger partial charge in [0.1, 0.15) is 6.33 Å². The van der Waals surface area contributed by atoms with E-state index in [1.165, 1.54) is 14.2 Å². The molecular formula is C31H26N2O5. The van der Waals surface area contributed by atoms with E-state index in [2.05, 4.69) is 17.1 Å². The van der Waals surface area contributed by atoms with Gasteiger partial charge in [0.25, 0.3) is 0 Å². The number of methoxy groups -OCH3 is 2. The van der Waals surface area contributed by atoms with Gasteiger partial charge in [-0.25, -0.2) is 9.78 Å². The van der Waals surface area contributed by atoms with Gasteiger partial charge < -0.3 is 14.2 Å². The fourth-order valence-electron chi connectivity index (χ4n) is 4.39. The third kappa shape index (κ3) is 4.62. The highest BCUT2D eigenvalue weighted by Gasteiger charge is 2.23. The molecule has 0 atom stereocenters. The van der Waals surface area contributed by atoms with Crippen LogP contribution in [0, 0.1) is 0 Å². The molecule has 0 fully saturated rings. The first-order valence-corrected chi connectivity index (χ1v) is 12.1. The van der Waals surface area contributed by atoms with Crippen molar-refractivity contribution in [3.8, 4) is 33.9 Å². The van der Waals surface area contributed by atoms with Crippen molar-refractivity contribution >= 4 is 17.3 Å². The Morgan fingerprint density at radius 2 is 1.47 bits per heavy atom. The molecule has 0 aliphatic rings. The molecule has 38 heavy (non-hydrogen) atoms. The quantitative estimate of drug-likeness (QED) is 0.187. The molecule has 0 radical (unpaired) electrons. The molecule has 7 nitrogen and oxygen atoms in total. The summed E-state index contributed by atoms with van der Waals surface area (Å²) in [6.07, 6.45) is 1.56. The van der Waals surface area contributed by atoms with E-state index in [4.69, 9.17) is 14.2 Å². The number of hydrogen-bond donors (Lipinski definition) is 0. The third-order valence-corrected chi connectivity index (χ3v) is 6.32. The van der Waals surface area contributed by atoms with Crippen molar-refractivity contribution in [1.82, 2.24) is 9.38 Å². The van der Waals surface area contributed by atoms with Gasteiger partial charge in [0, 0.05) is 11.1 Å². The zero-order valence-electron chi connectivity index (χ0n) is 21.3. The van der Waals surface area contributed by atoms with Gasteiger partial charge in [-0.2, -0.15) is 0 Å². The summed E-state index contributed by atoms with van der Waals surface area (Å²) < 4.78 is 17.6. The van der Waals surface area contributed by atoms with E-state index in [9.17, 15) is 9.59 Å². The number of carbonyl (C=O) groups excluding carboxylic acids is 2. The summed E-state index contributed by atoms with van der Waals surface area (Å²) in [5.41, 5.74) is 5.27. The molecule has 190 valence electrons. The average Bonchev–Trinajstić information content (AvgIpc) is 3.36. The molecule has 2 heterocycles. The van der Waals surface area contributed by atoms with E-state index in [0.717, 1.165) is 16.7 Å². The number of hydrogen-bond acceptors (Lipinski definition) is 6. The third-order valence-electron chi connectivity index (χ3n) is 6.32. The van der Waals surface area contributed by atoms with Crippen LogP contribution in [0.1, 0.15) is 33.3 Å². The molecule has 0 aliphatic heterocycles. The van der Waals surface area contributed by atoms with Crippen LogP contribution in [0.15, 0.2) is 91.3 Å². The van der Waals surface area contributed by atoms with E-state index in [-0.39, 0.29) is 18.1 Å². The Morgan fingerprint density at radius 1 is 0.789 bits per heavy atom. The molecule has 5 rings (SSSR count). The molecule has 0 bridgehead atoms. The molecule has 2 aromatic heterocycles. The monoisotopic (exact) mass is 506 g/mol. The number of rotatable bonds is 8. The molecular weight excluding hydrogens is 480 g/mol. The van der Waals surface area contributed by atoms with Gasteiger partial charge in [-0.05, 0) is 48.4 Å². The van der Waals surface area contributed by atoms with Crippen LogP contribution in [0.3, 0.4) is 0 Å². The van der Waals surface area contributed by atoms with Gasteiger partial charge in [-0.15, -0.1) is 0 Å². The van der Waals surface area contributed by atoms with Crippen molar-refractivity contribution < 1.29 is 23.8 Å². The Kier molecular flexibility index (Phi) is 6.91. The molecule has 0 saturated carbocycles. The van der Waals surface area contributed by atoms with Crippen molar-refractivity contribution in [2.24, 2.45) is 0 Å². The first-order valence-electron chi connectivity index (χ1n) is 12.1. The van der Waals surface area contributed by atoms with Crippen LogP contribution in [0.2, 0.25) is 0 Å². The number of nitrogens with zero attached hydrogens (tertiary/aromatic N) is 2. The maximum Gasteiger partial charge on any atom is 0.340 e. The number of ketones is 1. The zero-order valence-corrected chi connectivity index (χ0v) is 21.3. The molecule has 3 aromatic carbocycles. The number of fused-ring (bicyclic) bond motifs is 1. The van der Waals surface area contributed by atoms with Crippen molar-refractivity contribution in [3.05, 3.63) is 108 Å². The Bertz CT molecular complexity index is 1620. The van der Waals surface area contributed by atoms with Gasteiger partial charge in [0.2, 0.25) is 5.78 Å². The normalized spacial score (nSPS) is 10.8. The van der Waals surface area contributed by atoms with Crippen molar-refractivity contribution in [1.29, 1.82) is 0 Å². The summed E-state index contributed by atoms with van der Waals surface area (Å²) in [6, 6.07) is 26.4. The van der Waals surface area contributed by atoms with E-state index in [1.807, 2.05) is 42.5 Å². The lowest BCUT2D eigenvalue weighted by atomic mass is 10.0. The highest BCUT2D eigenvalue weighted by Crippen LogP contribution is 2.31. The summed E-state index contributed by atoms with van der Waals surface area (Å²) in [5.74, 6) is 0.149. The fourth-order valence-corrected chi connectivity index (χ4v) is 4.39. The predicted molar refractivity (Wildman–Crippen MR) is 145 cm³/mol. The molecule has 0 spiro atoms. The summed E-state index contributed by atoms with van der Waals surface area (Å²) in [4.78, 5) is 31.0. The molecule has 0 saturated heterocycles. The van der Waals surface area contributed by atoms with Crippen LogP contribution < -0.4 is 9.47 Å². The Labute approximate surface area is 220 Å². The smallest absolute Gasteiger partial charge is 0.340 e. The fraction of sp³-hybridized carbons (Fsp3) is 0.129. The van der Waals surface area contributed by atoms with Gasteiger partial charge in [0.15, 0.2) is 11.5 Å². The van der Waals surface area contributed by atoms with Crippen LogP contribution >= 0.6 is 0 Å². The van der Waals surface area contributed by atoms with E-state index in [0.29, 0.717) is 33.8 Å². The van der Waals surface area contributed by atoms with Gasteiger partial charge in [-0.1, -0.05) is 54.6 Å². The standard InChI is InChI=1S/C31H26N2O5/c1-4-38-31(35)24-17-27(30(34)23-14-15-28(36-2)29(16-23)37-3)33-19-32-25(18-26(24)33)22-12-10-21(11-13-22)20-8-6-5-7-9-20/h5-19H,4H2,1-3H3. The maximum absolute atomic E-state index is 13.6. The lowest BCUT2D eigenvalue weighted by Gasteiger charge is -2.09. The van der Waals surface area contributed by atoms with Gasteiger partial charge >= 0.3 is 5.97 Å². The van der Waals surface area contributed by atoms with Crippen LogP contribution in [-0.4, -0.2) is 42.0 Å². The second-order valence-electron chi connectivity index (χ2n) is 8.54. The second-order valence-corrected chi connectivity index (χ2v) is 8.54. The lowest BCUT2D eigenvalue weighted by molar-refractivity contribution is 0.0529. The second kappa shape index (κ2) is 10.6. The number of carbonyl (C=O) groups is 2. The number of esters is 1. The van der Waals surface area contributed by atoms with E-state index >= 15 is 0 Å². The van der Waals surface area contributed by atoms with Crippen LogP contribution in [0.25, 0.3) is 27.9 Å². The van der Waals surface area contributed by atoms with E-state index < -0.39 is 5.97 Å². The highest BCUT2D eigenvalue weighted by atomic mass is 16.5. The van der Waals surface area contributed by atoms with Crippen LogP contribution in [0.4, 0.5) is 0 Å². The highest BCUT2D eigenvalue weighted by molar-refractivity contribution is 6.11. The molecule has 0 N–H and O–H groups in total. The van der Waals surface area contributed by atoms with Crippen molar-refractivity contribution in [2.45, 2.75) is 6.92 Å². The molecule has 7 heteroatoms. The number of benzene rings is 3. The SMILES string of the molecule is CCOC(=O)c1cc(C(=O)c2ccc(OC)c(OC)c2)n2cnc(-c3ccc(-c4ccccc4)cc3)cc12. The largest absolute Gasteiger partial charge is 0.493 e. The Hall–Kier alpha value is -4.91. The van der Waals surface area contributed by atoms with E-state index in [1.54, 1.807) is 48.0 Å². The maximum atomic E-state index is 13.6. The van der Waals surface area contributed by atoms with Crippen molar-refractivity contribution in [3.63, 3.8) is 0 Å². The summed E-state index contributed by atoms with van der Waals surface area (Å²) in [7, 11) is 3.04. The summed E-state index contributed by atoms with van der Waals surface area (Å²) in [6.45, 7) is 1.96. The van der Waals surface area contributed by atoms with Crippen LogP contribution in [0.5, 0.6) is 11.5 Å². The van der Waals surface area contributed by atoms with Gasteiger partial charge in [0.05, 0.1) is 43.3 Å². The van der Waals surface area contributed by atoms with Crippen molar-refractivity contribution in [2.75, 3.05) is 20.8 Å². The molecule has 0 aliphatic carbocycles. The minimum atomic E-state index is -0.507. The topological polar surface area (TPSA) is 79.1 Å². The van der Waals surface area contributed by atoms with Crippen LogP contribution in [-0.2, 0) is 4.74 Å². The summed E-state index contributed by atoms with van der Waals surface area (Å²) in [5, 5.41) is 0. The minimum Gasteiger partial charge on any atom is -0.493 e. The Balaban J connectivity index is 1.57. The Morgan fingerprint density at radius 3 is 2.16 bits per heavy atom. The predicted octanol–water partition coefficient (Wildman–Crippen LogP) is 6.09. The lowest BCUT2D eigenvalue weighted by Crippen LogP contribution is -2.06. The number of aromatic nitrogens is 2. The molecule has 5 aromatic rings. The average molecular weight is 507 g/mol. The minimum absolute atomic E-state index is 0.216. The zero-order chi connectivity index (χ0) is 26.6. The number of ether oxygens (including phenoxy) is 3. The van der Waals surface area contributed by atoms with Gasteiger partial charge in [-0.3, -0.25) is 9.20 Å². The first-order chi connectivity index (χ1) is 18.5.